The van der Waals surface area contributed by atoms with Crippen LogP contribution in [0.1, 0.15) is 43.0 Å². The molecule has 2 unspecified atom stereocenters. The number of likely N-dealkylation sites (N-methyl/N-ethyl adjacent to an activating group) is 1. The van der Waals surface area contributed by atoms with Gasteiger partial charge in [-0.15, -0.1) is 0 Å². The van der Waals surface area contributed by atoms with Crippen molar-refractivity contribution in [2.45, 2.75) is 38.1 Å². The molecule has 5 heteroatoms. The number of urea groups is 1. The molecule has 0 spiro atoms. The number of ketones is 1. The molecule has 1 saturated carbocycles. The monoisotopic (exact) mass is 352 g/mol. The highest BCUT2D eigenvalue weighted by molar-refractivity contribution is 6.11. The van der Waals surface area contributed by atoms with Gasteiger partial charge in [0.2, 0.25) is 0 Å². The summed E-state index contributed by atoms with van der Waals surface area (Å²) in [5.41, 5.74) is 1.07. The number of imide groups is 1. The van der Waals surface area contributed by atoms with E-state index in [0.29, 0.717) is 11.5 Å². The van der Waals surface area contributed by atoms with Crippen LogP contribution in [-0.4, -0.2) is 46.7 Å². The summed E-state index contributed by atoms with van der Waals surface area (Å²) < 4.78 is 0. The third-order valence-corrected chi connectivity index (χ3v) is 6.61. The maximum atomic E-state index is 13.3. The van der Waals surface area contributed by atoms with Gasteiger partial charge >= 0.3 is 6.03 Å². The summed E-state index contributed by atoms with van der Waals surface area (Å²) in [7, 11) is 1.70. The Balaban J connectivity index is 1.59. The van der Waals surface area contributed by atoms with Crippen molar-refractivity contribution in [1.82, 2.24) is 9.80 Å². The van der Waals surface area contributed by atoms with Gasteiger partial charge in [0.05, 0.1) is 6.54 Å². The molecular weight excluding hydrogens is 328 g/mol. The summed E-state index contributed by atoms with van der Waals surface area (Å²) in [4.78, 5) is 41.3. The third-order valence-electron chi connectivity index (χ3n) is 6.61. The van der Waals surface area contributed by atoms with E-state index in [-0.39, 0.29) is 30.2 Å². The van der Waals surface area contributed by atoms with Crippen LogP contribution in [0, 0.1) is 11.8 Å². The molecule has 5 rings (SSSR count). The van der Waals surface area contributed by atoms with Crippen molar-refractivity contribution in [2.24, 2.45) is 11.8 Å². The minimum absolute atomic E-state index is 0.134. The summed E-state index contributed by atoms with van der Waals surface area (Å²) in [6.45, 7) is 1.69. The Labute approximate surface area is 153 Å². The highest BCUT2D eigenvalue weighted by atomic mass is 16.2. The first kappa shape index (κ1) is 17.0. The summed E-state index contributed by atoms with van der Waals surface area (Å²) in [5, 5.41) is 0. The van der Waals surface area contributed by atoms with Crippen LogP contribution >= 0.6 is 0 Å². The largest absolute Gasteiger partial charge is 0.327 e. The number of carbonyl (C=O) groups excluding carboxylic acids is 3. The second-order valence-electron chi connectivity index (χ2n) is 7.88. The number of allylic oxidation sites excluding steroid dienone is 2. The van der Waals surface area contributed by atoms with Crippen molar-refractivity contribution < 1.29 is 14.4 Å². The van der Waals surface area contributed by atoms with Crippen LogP contribution in [-0.2, 0) is 4.79 Å². The highest BCUT2D eigenvalue weighted by Crippen LogP contribution is 2.49. The molecule has 2 bridgehead atoms. The lowest BCUT2D eigenvalue weighted by molar-refractivity contribution is -0.136. The van der Waals surface area contributed by atoms with Gasteiger partial charge in [0.15, 0.2) is 5.78 Å². The lowest BCUT2D eigenvalue weighted by Crippen LogP contribution is -2.55. The van der Waals surface area contributed by atoms with Gasteiger partial charge in [0.25, 0.3) is 5.91 Å². The van der Waals surface area contributed by atoms with Crippen molar-refractivity contribution in [2.75, 3.05) is 13.6 Å². The maximum absolute atomic E-state index is 13.3. The molecule has 0 aromatic heterocycles. The lowest BCUT2D eigenvalue weighted by atomic mass is 9.62. The van der Waals surface area contributed by atoms with E-state index in [2.05, 4.69) is 6.08 Å². The van der Waals surface area contributed by atoms with E-state index in [1.165, 1.54) is 5.57 Å². The average molecular weight is 352 g/mol. The van der Waals surface area contributed by atoms with Crippen LogP contribution < -0.4 is 0 Å². The first-order chi connectivity index (χ1) is 12.4. The predicted molar refractivity (Wildman–Crippen MR) is 97.6 cm³/mol. The number of hydrogen-bond donors (Lipinski definition) is 0. The molecule has 1 saturated heterocycles. The zero-order chi connectivity index (χ0) is 18.5. The fourth-order valence-electron chi connectivity index (χ4n) is 4.86. The molecule has 1 aromatic rings. The molecule has 3 amide bonds. The summed E-state index contributed by atoms with van der Waals surface area (Å²) in [6.07, 6.45) is 6.37. The normalized spacial score (nSPS) is 30.8. The number of rotatable bonds is 4. The van der Waals surface area contributed by atoms with Gasteiger partial charge in [-0.2, -0.15) is 0 Å². The van der Waals surface area contributed by atoms with Crippen molar-refractivity contribution in [3.63, 3.8) is 0 Å². The first-order valence-corrected chi connectivity index (χ1v) is 9.29. The van der Waals surface area contributed by atoms with Crippen LogP contribution in [0.3, 0.4) is 0 Å². The molecular formula is C21H24N2O3. The molecule has 5 nitrogen and oxygen atoms in total. The zero-order valence-electron chi connectivity index (χ0n) is 15.3. The van der Waals surface area contributed by atoms with Crippen LogP contribution in [0.5, 0.6) is 0 Å². The van der Waals surface area contributed by atoms with E-state index >= 15 is 0 Å². The van der Waals surface area contributed by atoms with Crippen LogP contribution in [0.4, 0.5) is 4.79 Å². The Hall–Kier alpha value is -2.43. The van der Waals surface area contributed by atoms with Crippen LogP contribution in [0.2, 0.25) is 0 Å². The van der Waals surface area contributed by atoms with Gasteiger partial charge in [0.1, 0.15) is 5.54 Å². The Morgan fingerprint density at radius 3 is 2.54 bits per heavy atom. The van der Waals surface area contributed by atoms with Crippen molar-refractivity contribution in [1.29, 1.82) is 0 Å². The zero-order valence-corrected chi connectivity index (χ0v) is 15.3. The number of carbonyl (C=O) groups is 3. The van der Waals surface area contributed by atoms with Crippen LogP contribution in [0.15, 0.2) is 42.0 Å². The molecule has 4 aliphatic rings. The van der Waals surface area contributed by atoms with E-state index in [1.54, 1.807) is 36.2 Å². The smallest absolute Gasteiger partial charge is 0.313 e. The van der Waals surface area contributed by atoms with E-state index in [4.69, 9.17) is 0 Å². The van der Waals surface area contributed by atoms with Crippen LogP contribution in [0.25, 0.3) is 0 Å². The topological polar surface area (TPSA) is 57.7 Å². The van der Waals surface area contributed by atoms with Gasteiger partial charge in [-0.3, -0.25) is 14.5 Å². The Bertz CT molecular complexity index is 801. The molecule has 3 atom stereocenters. The molecule has 0 radical (unpaired) electrons. The minimum Gasteiger partial charge on any atom is -0.313 e. The summed E-state index contributed by atoms with van der Waals surface area (Å²) in [6, 6.07) is 8.46. The maximum Gasteiger partial charge on any atom is 0.327 e. The first-order valence-electron chi connectivity index (χ1n) is 9.29. The third kappa shape index (κ3) is 2.41. The second kappa shape index (κ2) is 6.08. The van der Waals surface area contributed by atoms with Gasteiger partial charge < -0.3 is 4.90 Å². The summed E-state index contributed by atoms with van der Waals surface area (Å²) >= 11 is 0. The Morgan fingerprint density at radius 1 is 1.23 bits per heavy atom. The lowest BCUT2D eigenvalue weighted by Gasteiger charge is -2.46. The van der Waals surface area contributed by atoms with Crippen molar-refractivity contribution in [3.05, 3.63) is 47.5 Å². The standard InChI is InChI=1S/C21H24N2O3/c1-21(17-12-14-8-10-15(17)11-9-14)19(25)23(20(26)22(21)2)13-18(24)16-6-4-3-5-7-16/h3-8,15,17H,9-13H2,1-2H3/t15-,17?,21?/m1/s1. The number of hydrogen-bond acceptors (Lipinski definition) is 3. The molecule has 3 aliphatic carbocycles. The molecule has 0 N–H and O–H groups in total. The van der Waals surface area contributed by atoms with Gasteiger partial charge in [0, 0.05) is 12.6 Å². The number of nitrogens with zero attached hydrogens (tertiary/aromatic N) is 2. The average Bonchev–Trinajstić information content (AvgIpc) is 2.85. The van der Waals surface area contributed by atoms with E-state index in [0.717, 1.165) is 30.6 Å². The Kier molecular flexibility index (Phi) is 3.98. The minimum atomic E-state index is -0.862. The molecule has 136 valence electrons. The van der Waals surface area contributed by atoms with Gasteiger partial charge in [-0.1, -0.05) is 42.0 Å². The molecule has 1 heterocycles. The van der Waals surface area contributed by atoms with E-state index in [9.17, 15) is 14.4 Å². The second-order valence-corrected chi connectivity index (χ2v) is 7.88. The fraction of sp³-hybridized carbons (Fsp3) is 0.476. The van der Waals surface area contributed by atoms with E-state index < -0.39 is 5.54 Å². The molecule has 2 fully saturated rings. The van der Waals surface area contributed by atoms with Crippen molar-refractivity contribution >= 4 is 17.7 Å². The summed E-state index contributed by atoms with van der Waals surface area (Å²) in [5.74, 6) is 0.126. The molecule has 1 aliphatic heterocycles. The molecule has 26 heavy (non-hydrogen) atoms. The number of amides is 3. The van der Waals surface area contributed by atoms with Crippen molar-refractivity contribution in [3.8, 4) is 0 Å². The Morgan fingerprint density at radius 2 is 1.96 bits per heavy atom. The SMILES string of the molecule is CN1C(=O)N(CC(=O)c2ccccc2)C(=O)C1(C)C1CC2=CC[C@@H]1CC2. The van der Waals surface area contributed by atoms with Gasteiger partial charge in [-0.25, -0.2) is 4.79 Å². The quantitative estimate of drug-likeness (QED) is 0.475. The number of benzene rings is 1. The number of fused-ring (bicyclic) bond motifs is 3. The van der Waals surface area contributed by atoms with E-state index in [1.807, 2.05) is 13.0 Å². The highest BCUT2D eigenvalue weighted by Gasteiger charge is 2.59. The number of Topliss-reactive ketones (excluding diaryl/α,β-unsaturated/α-hetero) is 1. The predicted octanol–water partition coefficient (Wildman–Crippen LogP) is 3.27. The molecule has 1 aromatic carbocycles. The van der Waals surface area contributed by atoms with Gasteiger partial charge in [-0.05, 0) is 44.4 Å². The fourth-order valence-corrected chi connectivity index (χ4v) is 4.86.